The molecule has 2 fully saturated rings. The molecule has 10 nitrogen and oxygen atoms in total. The summed E-state index contributed by atoms with van der Waals surface area (Å²) in [5.41, 5.74) is 0.470. The first-order chi connectivity index (χ1) is 10.9. The number of fused-ring (bicyclic) bond motifs is 1. The van der Waals surface area contributed by atoms with Gasteiger partial charge in [-0.3, -0.25) is 19.7 Å². The zero-order valence-corrected chi connectivity index (χ0v) is 13.0. The van der Waals surface area contributed by atoms with E-state index in [1.807, 2.05) is 11.8 Å². The molecule has 0 aliphatic carbocycles. The summed E-state index contributed by atoms with van der Waals surface area (Å²) >= 11 is 0. The van der Waals surface area contributed by atoms with Gasteiger partial charge < -0.3 is 15.1 Å². The molecule has 23 heavy (non-hydrogen) atoms. The monoisotopic (exact) mass is 322 g/mol. The Hall–Kier alpha value is -2.65. The molecule has 2 saturated heterocycles. The van der Waals surface area contributed by atoms with Crippen molar-refractivity contribution in [3.8, 4) is 0 Å². The van der Waals surface area contributed by atoms with Crippen molar-refractivity contribution in [2.75, 3.05) is 31.1 Å². The van der Waals surface area contributed by atoms with Crippen molar-refractivity contribution < 1.29 is 14.5 Å². The number of nitrogens with one attached hydrogen (secondary N) is 1. The molecule has 3 rings (SSSR count). The number of hydrogen-bond acceptors (Lipinski definition) is 6. The highest BCUT2D eigenvalue weighted by molar-refractivity contribution is 6.35. The summed E-state index contributed by atoms with van der Waals surface area (Å²) in [6, 6.07) is -0.187. The standard InChI is InChI=1S/C13H18N6O4/c1-3-9-10(19(22)23)12(16(2)15-9)17-4-5-18-8(7-17)6-14-11(20)13(18)21/h8H,3-7H2,1-2H3,(H,14,20). The molecule has 2 aliphatic heterocycles. The summed E-state index contributed by atoms with van der Waals surface area (Å²) in [5.74, 6) is -0.667. The van der Waals surface area contributed by atoms with Gasteiger partial charge in [-0.05, 0) is 6.42 Å². The average molecular weight is 322 g/mol. The highest BCUT2D eigenvalue weighted by Gasteiger charge is 2.40. The van der Waals surface area contributed by atoms with E-state index in [1.165, 1.54) is 9.58 Å². The van der Waals surface area contributed by atoms with Crippen LogP contribution in [0.1, 0.15) is 12.6 Å². The van der Waals surface area contributed by atoms with Gasteiger partial charge in [-0.15, -0.1) is 0 Å². The van der Waals surface area contributed by atoms with E-state index in [2.05, 4.69) is 10.4 Å². The molecule has 1 atom stereocenters. The minimum Gasteiger partial charge on any atom is -0.347 e. The fraction of sp³-hybridized carbons (Fsp3) is 0.615. The van der Waals surface area contributed by atoms with Gasteiger partial charge in [0, 0.05) is 33.2 Å². The van der Waals surface area contributed by atoms with E-state index >= 15 is 0 Å². The van der Waals surface area contributed by atoms with Gasteiger partial charge in [0.1, 0.15) is 5.69 Å². The lowest BCUT2D eigenvalue weighted by atomic mass is 10.1. The van der Waals surface area contributed by atoms with E-state index in [9.17, 15) is 19.7 Å². The van der Waals surface area contributed by atoms with Gasteiger partial charge in [0.2, 0.25) is 5.82 Å². The molecule has 0 aromatic carbocycles. The molecule has 2 aliphatic rings. The first-order valence-electron chi connectivity index (χ1n) is 7.48. The number of carbonyl (C=O) groups is 2. The molecule has 1 aromatic rings. The third kappa shape index (κ3) is 2.39. The summed E-state index contributed by atoms with van der Waals surface area (Å²) in [6.07, 6.45) is 0.474. The number of amides is 2. The molecular weight excluding hydrogens is 304 g/mol. The average Bonchev–Trinajstić information content (AvgIpc) is 2.87. The molecule has 0 spiro atoms. The number of hydrogen-bond donors (Lipinski definition) is 1. The minimum atomic E-state index is -0.588. The molecule has 0 bridgehead atoms. The van der Waals surface area contributed by atoms with Crippen molar-refractivity contribution in [3.05, 3.63) is 15.8 Å². The van der Waals surface area contributed by atoms with Crippen molar-refractivity contribution in [1.82, 2.24) is 20.0 Å². The van der Waals surface area contributed by atoms with Crippen LogP contribution in [0.15, 0.2) is 0 Å². The SMILES string of the molecule is CCc1nn(C)c(N2CCN3C(=O)C(=O)NCC3C2)c1[N+](=O)[O-]. The number of rotatable bonds is 3. The fourth-order valence-electron chi connectivity index (χ4n) is 3.24. The highest BCUT2D eigenvalue weighted by atomic mass is 16.6. The maximum atomic E-state index is 11.9. The maximum Gasteiger partial charge on any atom is 0.334 e. The summed E-state index contributed by atoms with van der Waals surface area (Å²) in [4.78, 5) is 37.7. The molecule has 0 saturated carbocycles. The molecule has 1 unspecified atom stereocenters. The Labute approximate surface area is 132 Å². The van der Waals surface area contributed by atoms with Crippen molar-refractivity contribution in [2.45, 2.75) is 19.4 Å². The lowest BCUT2D eigenvalue weighted by Crippen LogP contribution is -2.65. The predicted molar refractivity (Wildman–Crippen MR) is 80.0 cm³/mol. The molecule has 2 amide bonds. The molecule has 10 heteroatoms. The van der Waals surface area contributed by atoms with E-state index in [-0.39, 0.29) is 11.7 Å². The Morgan fingerprint density at radius 3 is 2.78 bits per heavy atom. The molecule has 124 valence electrons. The number of piperazine rings is 2. The van der Waals surface area contributed by atoms with Crippen LogP contribution < -0.4 is 10.2 Å². The molecule has 1 aromatic heterocycles. The number of aryl methyl sites for hydroxylation is 2. The van der Waals surface area contributed by atoms with E-state index < -0.39 is 16.7 Å². The second kappa shape index (κ2) is 5.52. The van der Waals surface area contributed by atoms with Crippen molar-refractivity contribution >= 4 is 23.3 Å². The van der Waals surface area contributed by atoms with Crippen molar-refractivity contribution in [1.29, 1.82) is 0 Å². The lowest BCUT2D eigenvalue weighted by molar-refractivity contribution is -0.384. The molecule has 0 radical (unpaired) electrons. The Morgan fingerprint density at radius 2 is 2.13 bits per heavy atom. The highest BCUT2D eigenvalue weighted by Crippen LogP contribution is 2.33. The van der Waals surface area contributed by atoms with Gasteiger partial charge in [0.25, 0.3) is 0 Å². The zero-order chi connectivity index (χ0) is 16.7. The first-order valence-corrected chi connectivity index (χ1v) is 7.48. The van der Waals surface area contributed by atoms with Gasteiger partial charge in [0.15, 0.2) is 0 Å². The number of nitro groups is 1. The largest absolute Gasteiger partial charge is 0.347 e. The van der Waals surface area contributed by atoms with E-state index in [0.717, 1.165) is 0 Å². The Morgan fingerprint density at radius 1 is 1.39 bits per heavy atom. The third-order valence-electron chi connectivity index (χ3n) is 4.32. The normalized spacial score (nSPS) is 21.2. The molecule has 1 N–H and O–H groups in total. The second-order valence-corrected chi connectivity index (χ2v) is 5.66. The molecule has 3 heterocycles. The van der Waals surface area contributed by atoms with Crippen LogP contribution in [-0.2, 0) is 23.1 Å². The zero-order valence-electron chi connectivity index (χ0n) is 13.0. The predicted octanol–water partition coefficient (Wildman–Crippen LogP) is -0.962. The second-order valence-electron chi connectivity index (χ2n) is 5.66. The minimum absolute atomic E-state index is 0.0228. The topological polar surface area (TPSA) is 114 Å². The van der Waals surface area contributed by atoms with Crippen LogP contribution in [0.5, 0.6) is 0 Å². The third-order valence-corrected chi connectivity index (χ3v) is 4.32. The van der Waals surface area contributed by atoms with Gasteiger partial charge in [0.05, 0.1) is 11.0 Å². The van der Waals surface area contributed by atoms with Crippen molar-refractivity contribution in [2.24, 2.45) is 7.05 Å². The summed E-state index contributed by atoms with van der Waals surface area (Å²) in [5, 5.41) is 18.2. The smallest absolute Gasteiger partial charge is 0.334 e. The van der Waals surface area contributed by atoms with Crippen LogP contribution in [0.2, 0.25) is 0 Å². The van der Waals surface area contributed by atoms with Crippen LogP contribution in [0.4, 0.5) is 11.5 Å². The summed E-state index contributed by atoms with van der Waals surface area (Å²) < 4.78 is 1.52. The fourth-order valence-corrected chi connectivity index (χ4v) is 3.24. The Bertz CT molecular complexity index is 684. The van der Waals surface area contributed by atoms with E-state index in [1.54, 1.807) is 7.05 Å². The molecular formula is C13H18N6O4. The summed E-state index contributed by atoms with van der Waals surface area (Å²) in [7, 11) is 1.68. The Kier molecular flexibility index (Phi) is 3.66. The maximum absolute atomic E-state index is 11.9. The Balaban J connectivity index is 1.90. The van der Waals surface area contributed by atoms with Crippen molar-refractivity contribution in [3.63, 3.8) is 0 Å². The first kappa shape index (κ1) is 15.3. The van der Waals surface area contributed by atoms with Gasteiger partial charge in [-0.2, -0.15) is 5.10 Å². The lowest BCUT2D eigenvalue weighted by Gasteiger charge is -2.43. The van der Waals surface area contributed by atoms with Gasteiger partial charge in [-0.25, -0.2) is 4.68 Å². The van der Waals surface area contributed by atoms with Gasteiger partial charge >= 0.3 is 17.5 Å². The number of anilines is 1. The van der Waals surface area contributed by atoms with Gasteiger partial charge in [-0.1, -0.05) is 6.92 Å². The summed E-state index contributed by atoms with van der Waals surface area (Å²) in [6.45, 7) is 3.40. The number of carbonyl (C=O) groups excluding carboxylic acids is 2. The van der Waals surface area contributed by atoms with E-state index in [4.69, 9.17) is 0 Å². The van der Waals surface area contributed by atoms with E-state index in [0.29, 0.717) is 44.1 Å². The number of aromatic nitrogens is 2. The van der Waals surface area contributed by atoms with Crippen LogP contribution >= 0.6 is 0 Å². The number of nitrogens with zero attached hydrogens (tertiary/aromatic N) is 5. The van der Waals surface area contributed by atoms with Crippen LogP contribution in [0.3, 0.4) is 0 Å². The van der Waals surface area contributed by atoms with Crippen LogP contribution in [0, 0.1) is 10.1 Å². The van der Waals surface area contributed by atoms with Crippen LogP contribution in [-0.4, -0.2) is 63.6 Å². The quantitative estimate of drug-likeness (QED) is 0.435. The van der Waals surface area contributed by atoms with Crippen LogP contribution in [0.25, 0.3) is 0 Å².